The van der Waals surface area contributed by atoms with Crippen molar-refractivity contribution < 1.29 is 5.11 Å². The first-order valence-electron chi connectivity index (χ1n) is 6.67. The summed E-state index contributed by atoms with van der Waals surface area (Å²) in [7, 11) is 0. The molecule has 1 unspecified atom stereocenters. The second-order valence-electron chi connectivity index (χ2n) is 6.01. The van der Waals surface area contributed by atoms with E-state index < -0.39 is 0 Å². The standard InChI is InChI=1S/C15H21NO/c1-15(2)9-4-10-16(15)13-8-7-12-11(13)5-3-6-14(12)17/h3,5-6,13,17H,4,7-10H2,1-2H3. The molecule has 0 radical (unpaired) electrons. The van der Waals surface area contributed by atoms with E-state index in [0.29, 0.717) is 17.3 Å². The number of phenols is 1. The van der Waals surface area contributed by atoms with Gasteiger partial charge in [-0.1, -0.05) is 12.1 Å². The molecular formula is C15H21NO. The van der Waals surface area contributed by atoms with Gasteiger partial charge in [0, 0.05) is 11.6 Å². The number of hydrogen-bond acceptors (Lipinski definition) is 2. The van der Waals surface area contributed by atoms with E-state index >= 15 is 0 Å². The fourth-order valence-electron chi connectivity index (χ4n) is 3.64. The van der Waals surface area contributed by atoms with Crippen LogP contribution in [0.25, 0.3) is 0 Å². The lowest BCUT2D eigenvalue weighted by Crippen LogP contribution is -2.40. The van der Waals surface area contributed by atoms with Gasteiger partial charge >= 0.3 is 0 Å². The normalized spacial score (nSPS) is 27.3. The zero-order chi connectivity index (χ0) is 12.0. The van der Waals surface area contributed by atoms with Crippen LogP contribution in [0.15, 0.2) is 18.2 Å². The summed E-state index contributed by atoms with van der Waals surface area (Å²) in [4.78, 5) is 2.64. The number of benzene rings is 1. The number of fused-ring (bicyclic) bond motifs is 1. The number of phenolic OH excluding ortho intramolecular Hbond substituents is 1. The van der Waals surface area contributed by atoms with E-state index in [-0.39, 0.29) is 0 Å². The van der Waals surface area contributed by atoms with Gasteiger partial charge in [0.05, 0.1) is 0 Å². The van der Waals surface area contributed by atoms with E-state index in [1.54, 1.807) is 0 Å². The van der Waals surface area contributed by atoms with Crippen molar-refractivity contribution in [2.45, 2.75) is 51.1 Å². The van der Waals surface area contributed by atoms with Crippen LogP contribution in [0, 0.1) is 0 Å². The van der Waals surface area contributed by atoms with Gasteiger partial charge in [0.15, 0.2) is 0 Å². The Bertz CT molecular complexity index is 439. The lowest BCUT2D eigenvalue weighted by Gasteiger charge is -2.37. The van der Waals surface area contributed by atoms with Crippen LogP contribution in [0.4, 0.5) is 0 Å². The van der Waals surface area contributed by atoms with E-state index in [9.17, 15) is 5.11 Å². The maximum absolute atomic E-state index is 9.90. The molecule has 2 aliphatic rings. The van der Waals surface area contributed by atoms with E-state index in [0.717, 1.165) is 12.8 Å². The van der Waals surface area contributed by atoms with Crippen molar-refractivity contribution >= 4 is 0 Å². The van der Waals surface area contributed by atoms with E-state index in [1.165, 1.54) is 30.5 Å². The third-order valence-corrected chi connectivity index (χ3v) is 4.56. The molecule has 1 aliphatic heterocycles. The highest BCUT2D eigenvalue weighted by molar-refractivity contribution is 5.44. The van der Waals surface area contributed by atoms with Crippen molar-refractivity contribution in [3.8, 4) is 5.75 Å². The molecule has 0 bridgehead atoms. The third kappa shape index (κ3) is 1.66. The summed E-state index contributed by atoms with van der Waals surface area (Å²) in [6.07, 6.45) is 4.78. The van der Waals surface area contributed by atoms with Crippen LogP contribution in [-0.4, -0.2) is 22.1 Å². The van der Waals surface area contributed by atoms with Crippen molar-refractivity contribution in [2.24, 2.45) is 0 Å². The van der Waals surface area contributed by atoms with Gasteiger partial charge in [-0.05, 0) is 63.3 Å². The van der Waals surface area contributed by atoms with E-state index in [2.05, 4.69) is 24.8 Å². The Morgan fingerprint density at radius 2 is 2.18 bits per heavy atom. The quantitative estimate of drug-likeness (QED) is 0.802. The van der Waals surface area contributed by atoms with Crippen LogP contribution < -0.4 is 0 Å². The summed E-state index contributed by atoms with van der Waals surface area (Å²) < 4.78 is 0. The molecule has 1 fully saturated rings. The summed E-state index contributed by atoms with van der Waals surface area (Å²) in [5, 5.41) is 9.90. The fourth-order valence-corrected chi connectivity index (χ4v) is 3.64. The molecule has 0 amide bonds. The van der Waals surface area contributed by atoms with Crippen molar-refractivity contribution in [1.82, 2.24) is 4.90 Å². The predicted molar refractivity (Wildman–Crippen MR) is 69.2 cm³/mol. The van der Waals surface area contributed by atoms with Crippen LogP contribution in [-0.2, 0) is 6.42 Å². The molecule has 2 heteroatoms. The Hall–Kier alpha value is -1.02. The molecule has 3 rings (SSSR count). The molecule has 1 heterocycles. The average molecular weight is 231 g/mol. The molecule has 1 aromatic carbocycles. The van der Waals surface area contributed by atoms with E-state index in [1.807, 2.05) is 12.1 Å². The van der Waals surface area contributed by atoms with Crippen LogP contribution in [0.3, 0.4) is 0 Å². The molecule has 0 saturated carbocycles. The highest BCUT2D eigenvalue weighted by Gasteiger charge is 2.40. The Kier molecular flexibility index (Phi) is 2.44. The minimum atomic E-state index is 0.317. The maximum atomic E-state index is 9.90. The molecule has 92 valence electrons. The molecule has 1 saturated heterocycles. The number of aromatic hydroxyl groups is 1. The van der Waals surface area contributed by atoms with Gasteiger partial charge in [-0.3, -0.25) is 4.90 Å². The van der Waals surface area contributed by atoms with Gasteiger partial charge in [-0.25, -0.2) is 0 Å². The summed E-state index contributed by atoms with van der Waals surface area (Å²) in [5.41, 5.74) is 2.86. The second-order valence-corrected chi connectivity index (χ2v) is 6.01. The average Bonchev–Trinajstić information content (AvgIpc) is 2.82. The largest absolute Gasteiger partial charge is 0.508 e. The van der Waals surface area contributed by atoms with Gasteiger partial charge in [-0.15, -0.1) is 0 Å². The summed E-state index contributed by atoms with van der Waals surface area (Å²) in [5.74, 6) is 0.488. The second kappa shape index (κ2) is 3.74. The molecular weight excluding hydrogens is 210 g/mol. The van der Waals surface area contributed by atoms with Crippen molar-refractivity contribution in [2.75, 3.05) is 6.54 Å². The molecule has 1 N–H and O–H groups in total. The van der Waals surface area contributed by atoms with Crippen molar-refractivity contribution in [3.63, 3.8) is 0 Å². The Balaban J connectivity index is 1.96. The summed E-state index contributed by atoms with van der Waals surface area (Å²) in [6.45, 7) is 5.90. The van der Waals surface area contributed by atoms with Gasteiger partial charge in [0.1, 0.15) is 5.75 Å². The first-order valence-corrected chi connectivity index (χ1v) is 6.67. The predicted octanol–water partition coefficient (Wildman–Crippen LogP) is 3.25. The minimum Gasteiger partial charge on any atom is -0.508 e. The number of likely N-dealkylation sites (tertiary alicyclic amines) is 1. The van der Waals surface area contributed by atoms with E-state index in [4.69, 9.17) is 0 Å². The van der Waals surface area contributed by atoms with Crippen molar-refractivity contribution in [1.29, 1.82) is 0 Å². The van der Waals surface area contributed by atoms with Gasteiger partial charge in [0.25, 0.3) is 0 Å². The maximum Gasteiger partial charge on any atom is 0.119 e. The monoisotopic (exact) mass is 231 g/mol. The Morgan fingerprint density at radius 3 is 2.88 bits per heavy atom. The Morgan fingerprint density at radius 1 is 1.35 bits per heavy atom. The zero-order valence-corrected chi connectivity index (χ0v) is 10.7. The van der Waals surface area contributed by atoms with Crippen molar-refractivity contribution in [3.05, 3.63) is 29.3 Å². The fraction of sp³-hybridized carbons (Fsp3) is 0.600. The lowest BCUT2D eigenvalue weighted by atomic mass is 9.98. The molecule has 1 atom stereocenters. The summed E-state index contributed by atoms with van der Waals surface area (Å²) in [6, 6.07) is 6.52. The first-order chi connectivity index (χ1) is 8.09. The van der Waals surface area contributed by atoms with Gasteiger partial charge < -0.3 is 5.11 Å². The Labute approximate surface area is 103 Å². The third-order valence-electron chi connectivity index (χ3n) is 4.56. The molecule has 2 nitrogen and oxygen atoms in total. The molecule has 1 aliphatic carbocycles. The topological polar surface area (TPSA) is 23.5 Å². The smallest absolute Gasteiger partial charge is 0.119 e. The highest BCUT2D eigenvalue weighted by Crippen LogP contribution is 2.45. The summed E-state index contributed by atoms with van der Waals surface area (Å²) >= 11 is 0. The number of hydrogen-bond donors (Lipinski definition) is 1. The van der Waals surface area contributed by atoms with Gasteiger partial charge in [-0.2, -0.15) is 0 Å². The SMILES string of the molecule is CC1(C)CCCN1C1CCc2c(O)cccc21. The van der Waals surface area contributed by atoms with Crippen LogP contribution in [0.1, 0.15) is 50.3 Å². The molecule has 17 heavy (non-hydrogen) atoms. The number of nitrogens with zero attached hydrogens (tertiary/aromatic N) is 1. The highest BCUT2D eigenvalue weighted by atomic mass is 16.3. The first kappa shape index (κ1) is 11.1. The lowest BCUT2D eigenvalue weighted by molar-refractivity contribution is 0.115. The van der Waals surface area contributed by atoms with Crippen LogP contribution in [0.5, 0.6) is 5.75 Å². The minimum absolute atomic E-state index is 0.317. The number of rotatable bonds is 1. The zero-order valence-electron chi connectivity index (χ0n) is 10.7. The van der Waals surface area contributed by atoms with Crippen LogP contribution >= 0.6 is 0 Å². The molecule has 1 aromatic rings. The molecule has 0 spiro atoms. The van der Waals surface area contributed by atoms with Gasteiger partial charge in [0.2, 0.25) is 0 Å². The van der Waals surface area contributed by atoms with Crippen LogP contribution in [0.2, 0.25) is 0 Å². The molecule has 0 aromatic heterocycles.